The Labute approximate surface area is 138 Å². The van der Waals surface area contributed by atoms with Crippen molar-refractivity contribution in [2.24, 2.45) is 0 Å². The van der Waals surface area contributed by atoms with Gasteiger partial charge in [0.15, 0.2) is 5.69 Å². The Morgan fingerprint density at radius 3 is 2.76 bits per heavy atom. The summed E-state index contributed by atoms with van der Waals surface area (Å²) in [5, 5.41) is 20.8. The first-order valence-electron chi connectivity index (χ1n) is 6.94. The number of aromatic amines is 1. The molecule has 0 aliphatic heterocycles. The average Bonchev–Trinajstić information content (AvgIpc) is 3.10. The van der Waals surface area contributed by atoms with Crippen molar-refractivity contribution >= 4 is 22.9 Å². The van der Waals surface area contributed by atoms with Crippen molar-refractivity contribution in [1.29, 1.82) is 5.26 Å². The van der Waals surface area contributed by atoms with Gasteiger partial charge in [0.1, 0.15) is 6.54 Å². The molecule has 0 saturated heterocycles. The van der Waals surface area contributed by atoms with Crippen LogP contribution in [-0.2, 0) is 6.54 Å². The molecule has 3 rings (SSSR count). The van der Waals surface area contributed by atoms with Crippen LogP contribution in [0.5, 0.6) is 0 Å². The van der Waals surface area contributed by atoms with E-state index in [1.807, 2.05) is 6.07 Å². The molecular formula is C14H10F3N7O. The Bertz CT molecular complexity index is 996. The van der Waals surface area contributed by atoms with Gasteiger partial charge in [-0.1, -0.05) is 0 Å². The van der Waals surface area contributed by atoms with Gasteiger partial charge in [-0.3, -0.25) is 10.1 Å². The molecule has 25 heavy (non-hydrogen) atoms. The topological polar surface area (TPSA) is 112 Å². The minimum Gasteiger partial charge on any atom is -0.301 e. The molecule has 0 bridgehead atoms. The molecule has 1 aromatic carbocycles. The number of H-pyrrole nitrogens is 1. The molecule has 0 radical (unpaired) electrons. The molecule has 11 heteroatoms. The smallest absolute Gasteiger partial charge is 0.301 e. The summed E-state index contributed by atoms with van der Waals surface area (Å²) in [6.07, 6.45) is -4.54. The van der Waals surface area contributed by atoms with Gasteiger partial charge in [0.25, 0.3) is 5.91 Å². The van der Waals surface area contributed by atoms with Gasteiger partial charge in [0.2, 0.25) is 5.95 Å². The van der Waals surface area contributed by atoms with Crippen LogP contribution in [0.1, 0.15) is 21.7 Å². The lowest BCUT2D eigenvalue weighted by molar-refractivity contribution is -0.139. The number of nitrogens with one attached hydrogen (secondary N) is 2. The molecule has 0 spiro atoms. The quantitative estimate of drug-likeness (QED) is 0.752. The van der Waals surface area contributed by atoms with Gasteiger partial charge >= 0.3 is 6.18 Å². The van der Waals surface area contributed by atoms with E-state index in [4.69, 9.17) is 5.26 Å². The standard InChI is InChI=1S/C14H10F3N7O/c1-7-11(22-23-21-7)12(25)20-13-19-9-3-2-8(5-18)4-10(9)24(13)6-14(15,16)17/h2-4H,6H2,1H3,(H,19,20,25)(H,21,22,23). The van der Waals surface area contributed by atoms with Crippen LogP contribution >= 0.6 is 0 Å². The number of rotatable bonds is 3. The molecule has 128 valence electrons. The van der Waals surface area contributed by atoms with Crippen molar-refractivity contribution in [3.8, 4) is 6.07 Å². The van der Waals surface area contributed by atoms with Crippen molar-refractivity contribution in [3.05, 3.63) is 35.2 Å². The van der Waals surface area contributed by atoms with E-state index in [0.29, 0.717) is 5.69 Å². The molecule has 3 aromatic rings. The third kappa shape index (κ3) is 3.27. The predicted octanol–water partition coefficient (Wildman–Crippen LogP) is 2.15. The normalized spacial score (nSPS) is 11.5. The number of carbonyl (C=O) groups is 1. The number of benzene rings is 1. The first kappa shape index (κ1) is 16.4. The zero-order valence-corrected chi connectivity index (χ0v) is 12.7. The molecule has 1 amide bonds. The number of carbonyl (C=O) groups excluding carboxylic acids is 1. The molecule has 2 heterocycles. The molecule has 2 aromatic heterocycles. The Morgan fingerprint density at radius 2 is 2.16 bits per heavy atom. The Hall–Kier alpha value is -3.42. The maximum absolute atomic E-state index is 12.9. The molecule has 8 nitrogen and oxygen atoms in total. The summed E-state index contributed by atoms with van der Waals surface area (Å²) in [4.78, 5) is 16.2. The second kappa shape index (κ2) is 5.90. The lowest BCUT2D eigenvalue weighted by Gasteiger charge is -2.12. The van der Waals surface area contributed by atoms with Gasteiger partial charge < -0.3 is 4.57 Å². The number of nitrogens with zero attached hydrogens (tertiary/aromatic N) is 5. The fraction of sp³-hybridized carbons (Fsp3) is 0.214. The van der Waals surface area contributed by atoms with Crippen LogP contribution in [0.2, 0.25) is 0 Å². The van der Waals surface area contributed by atoms with E-state index < -0.39 is 18.6 Å². The van der Waals surface area contributed by atoms with Gasteiger partial charge in [-0.2, -0.15) is 33.8 Å². The molecule has 0 saturated carbocycles. The molecule has 0 aliphatic carbocycles. The van der Waals surface area contributed by atoms with E-state index in [-0.39, 0.29) is 28.2 Å². The summed E-state index contributed by atoms with van der Waals surface area (Å²) in [5.41, 5.74) is 0.728. The van der Waals surface area contributed by atoms with Crippen molar-refractivity contribution in [2.45, 2.75) is 19.6 Å². The third-order valence-electron chi connectivity index (χ3n) is 3.38. The molecular weight excluding hydrogens is 339 g/mol. The third-order valence-corrected chi connectivity index (χ3v) is 3.38. The Morgan fingerprint density at radius 1 is 1.40 bits per heavy atom. The summed E-state index contributed by atoms with van der Waals surface area (Å²) in [5.74, 6) is -1.04. The van der Waals surface area contributed by atoms with E-state index in [1.165, 1.54) is 25.1 Å². The van der Waals surface area contributed by atoms with Crippen LogP contribution in [0.15, 0.2) is 18.2 Å². The number of hydrogen-bond donors (Lipinski definition) is 2. The van der Waals surface area contributed by atoms with E-state index in [2.05, 4.69) is 25.7 Å². The van der Waals surface area contributed by atoms with E-state index in [1.54, 1.807) is 0 Å². The molecule has 0 fully saturated rings. The van der Waals surface area contributed by atoms with Crippen molar-refractivity contribution in [1.82, 2.24) is 25.0 Å². The summed E-state index contributed by atoms with van der Waals surface area (Å²) < 4.78 is 39.6. The van der Waals surface area contributed by atoms with Crippen molar-refractivity contribution < 1.29 is 18.0 Å². The predicted molar refractivity (Wildman–Crippen MR) is 79.6 cm³/mol. The minimum atomic E-state index is -4.54. The molecule has 0 aliphatic rings. The minimum absolute atomic E-state index is 0.0525. The maximum atomic E-state index is 12.9. The lowest BCUT2D eigenvalue weighted by atomic mass is 10.2. The number of aryl methyl sites for hydroxylation is 1. The number of imidazole rings is 1. The Balaban J connectivity index is 2.07. The van der Waals surface area contributed by atoms with Gasteiger partial charge in [0.05, 0.1) is 28.4 Å². The number of alkyl halides is 3. The SMILES string of the molecule is Cc1n[nH]nc1C(=O)Nc1nc2ccc(C#N)cc2n1CC(F)(F)F. The summed E-state index contributed by atoms with van der Waals surface area (Å²) >= 11 is 0. The highest BCUT2D eigenvalue weighted by atomic mass is 19.4. The van der Waals surface area contributed by atoms with Crippen LogP contribution < -0.4 is 5.32 Å². The van der Waals surface area contributed by atoms with E-state index >= 15 is 0 Å². The van der Waals surface area contributed by atoms with Crippen LogP contribution in [0.25, 0.3) is 11.0 Å². The first-order chi connectivity index (χ1) is 11.8. The van der Waals surface area contributed by atoms with Crippen LogP contribution in [0, 0.1) is 18.3 Å². The summed E-state index contributed by atoms with van der Waals surface area (Å²) in [7, 11) is 0. The number of fused-ring (bicyclic) bond motifs is 1. The molecule has 0 atom stereocenters. The lowest BCUT2D eigenvalue weighted by Crippen LogP contribution is -2.22. The number of halogens is 3. The van der Waals surface area contributed by atoms with Crippen molar-refractivity contribution in [3.63, 3.8) is 0 Å². The van der Waals surface area contributed by atoms with Gasteiger partial charge in [-0.15, -0.1) is 0 Å². The number of nitriles is 1. The average molecular weight is 349 g/mol. The Kier molecular flexibility index (Phi) is 3.88. The van der Waals surface area contributed by atoms with Gasteiger partial charge in [-0.25, -0.2) is 4.98 Å². The zero-order chi connectivity index (χ0) is 18.2. The monoisotopic (exact) mass is 349 g/mol. The highest BCUT2D eigenvalue weighted by Crippen LogP contribution is 2.27. The largest absolute Gasteiger partial charge is 0.406 e. The zero-order valence-electron chi connectivity index (χ0n) is 12.7. The fourth-order valence-corrected chi connectivity index (χ4v) is 2.29. The number of anilines is 1. The highest BCUT2D eigenvalue weighted by molar-refractivity contribution is 6.03. The summed E-state index contributed by atoms with van der Waals surface area (Å²) in [6, 6.07) is 5.99. The maximum Gasteiger partial charge on any atom is 0.406 e. The number of amides is 1. The molecule has 2 N–H and O–H groups in total. The van der Waals surface area contributed by atoms with Crippen LogP contribution in [0.3, 0.4) is 0 Å². The second-order valence-corrected chi connectivity index (χ2v) is 5.16. The molecule has 0 unspecified atom stereocenters. The highest BCUT2D eigenvalue weighted by Gasteiger charge is 2.31. The van der Waals surface area contributed by atoms with Crippen molar-refractivity contribution in [2.75, 3.05) is 5.32 Å². The summed E-state index contributed by atoms with van der Waals surface area (Å²) in [6.45, 7) is 0.155. The van der Waals surface area contributed by atoms with Gasteiger partial charge in [0, 0.05) is 0 Å². The van der Waals surface area contributed by atoms with Gasteiger partial charge in [-0.05, 0) is 25.1 Å². The van der Waals surface area contributed by atoms with Crippen LogP contribution in [0.4, 0.5) is 19.1 Å². The van der Waals surface area contributed by atoms with E-state index in [0.717, 1.165) is 4.57 Å². The number of hydrogen-bond acceptors (Lipinski definition) is 5. The van der Waals surface area contributed by atoms with E-state index in [9.17, 15) is 18.0 Å². The second-order valence-electron chi connectivity index (χ2n) is 5.16. The fourth-order valence-electron chi connectivity index (χ4n) is 2.29. The number of aromatic nitrogens is 5. The van der Waals surface area contributed by atoms with Crippen LogP contribution in [-0.4, -0.2) is 37.0 Å². The first-order valence-corrected chi connectivity index (χ1v) is 6.94.